The summed E-state index contributed by atoms with van der Waals surface area (Å²) in [4.78, 5) is 33.4. The number of hydrogen-bond donors (Lipinski definition) is 0. The van der Waals surface area contributed by atoms with Crippen molar-refractivity contribution < 1.29 is 9.59 Å². The molecule has 5 nitrogen and oxygen atoms in total. The summed E-state index contributed by atoms with van der Waals surface area (Å²) in [6.45, 7) is 5.07. The average Bonchev–Trinajstić information content (AvgIpc) is 3.69. The van der Waals surface area contributed by atoms with E-state index in [2.05, 4.69) is 28.0 Å². The molecule has 0 radical (unpaired) electrons. The van der Waals surface area contributed by atoms with Gasteiger partial charge < -0.3 is 9.80 Å². The van der Waals surface area contributed by atoms with Gasteiger partial charge in [0.2, 0.25) is 11.8 Å². The molecule has 2 amide bonds. The van der Waals surface area contributed by atoms with Gasteiger partial charge in [-0.25, -0.2) is 0 Å². The predicted octanol–water partition coefficient (Wildman–Crippen LogP) is 5.77. The average molecular weight is 480 g/mol. The van der Waals surface area contributed by atoms with Gasteiger partial charge in [0.25, 0.3) is 0 Å². The van der Waals surface area contributed by atoms with Crippen molar-refractivity contribution in [2.75, 3.05) is 24.5 Å². The van der Waals surface area contributed by atoms with Crippen LogP contribution < -0.4 is 4.90 Å². The maximum absolute atomic E-state index is 13.7. The molecule has 35 heavy (non-hydrogen) atoms. The van der Waals surface area contributed by atoms with Crippen molar-refractivity contribution in [1.82, 2.24) is 9.80 Å². The van der Waals surface area contributed by atoms with Crippen LogP contribution in [0.25, 0.3) is 0 Å². The highest BCUT2D eigenvalue weighted by Crippen LogP contribution is 2.36. The van der Waals surface area contributed by atoms with Gasteiger partial charge in [0.1, 0.15) is 0 Å². The molecule has 2 saturated carbocycles. The van der Waals surface area contributed by atoms with E-state index in [4.69, 9.17) is 0 Å². The van der Waals surface area contributed by atoms with E-state index in [1.165, 1.54) is 70.8 Å². The summed E-state index contributed by atoms with van der Waals surface area (Å²) in [6.07, 6.45) is 15.7. The van der Waals surface area contributed by atoms with E-state index in [1.54, 1.807) is 6.92 Å². The van der Waals surface area contributed by atoms with Crippen LogP contribution in [0.5, 0.6) is 0 Å². The molecule has 1 aromatic carbocycles. The third-order valence-corrected chi connectivity index (χ3v) is 9.16. The van der Waals surface area contributed by atoms with E-state index in [-0.39, 0.29) is 5.91 Å². The van der Waals surface area contributed by atoms with Crippen LogP contribution in [0.3, 0.4) is 0 Å². The minimum absolute atomic E-state index is 0.105. The summed E-state index contributed by atoms with van der Waals surface area (Å²) in [6, 6.07) is 9.25. The summed E-state index contributed by atoms with van der Waals surface area (Å²) in [7, 11) is 0. The Balaban J connectivity index is 1.41. The minimum Gasteiger partial charge on any atom is -0.337 e. The van der Waals surface area contributed by atoms with Gasteiger partial charge in [-0.05, 0) is 62.0 Å². The van der Waals surface area contributed by atoms with Crippen molar-refractivity contribution in [1.29, 1.82) is 0 Å². The first kappa shape index (κ1) is 24.8. The Morgan fingerprint density at radius 2 is 1.63 bits per heavy atom. The third kappa shape index (κ3) is 6.28. The molecule has 2 aliphatic carbocycles. The van der Waals surface area contributed by atoms with Crippen LogP contribution in [0.15, 0.2) is 24.3 Å². The van der Waals surface area contributed by atoms with Gasteiger partial charge in [0.15, 0.2) is 0 Å². The van der Waals surface area contributed by atoms with Gasteiger partial charge >= 0.3 is 0 Å². The number of amides is 2. The molecule has 4 aliphatic rings. The van der Waals surface area contributed by atoms with Crippen molar-refractivity contribution in [3.8, 4) is 0 Å². The van der Waals surface area contributed by atoms with E-state index in [0.29, 0.717) is 31.0 Å². The molecule has 2 heterocycles. The normalized spacial score (nSPS) is 26.7. The number of carbonyl (C=O) groups excluding carboxylic acids is 2. The first-order valence-electron chi connectivity index (χ1n) is 14.5. The Hall–Kier alpha value is -1.88. The second-order valence-corrected chi connectivity index (χ2v) is 11.8. The number of piperidine rings is 1. The molecule has 1 saturated heterocycles. The first-order chi connectivity index (χ1) is 17.1. The molecule has 2 atom stereocenters. The van der Waals surface area contributed by atoms with Gasteiger partial charge in [-0.15, -0.1) is 0 Å². The molecule has 5 heteroatoms. The van der Waals surface area contributed by atoms with Crippen molar-refractivity contribution in [3.63, 3.8) is 0 Å². The molecule has 5 rings (SSSR count). The lowest BCUT2D eigenvalue weighted by molar-refractivity contribution is -0.133. The van der Waals surface area contributed by atoms with E-state index in [1.807, 2.05) is 11.0 Å². The highest BCUT2D eigenvalue weighted by molar-refractivity contribution is 5.92. The van der Waals surface area contributed by atoms with Crippen LogP contribution in [-0.2, 0) is 16.1 Å². The summed E-state index contributed by atoms with van der Waals surface area (Å²) < 4.78 is 0. The van der Waals surface area contributed by atoms with Gasteiger partial charge in [-0.2, -0.15) is 0 Å². The van der Waals surface area contributed by atoms with Crippen molar-refractivity contribution in [2.45, 2.75) is 109 Å². The molecule has 2 aliphatic heterocycles. The number of fused-ring (bicyclic) bond motifs is 3. The smallest absolute Gasteiger partial charge is 0.223 e. The lowest BCUT2D eigenvalue weighted by Gasteiger charge is -2.44. The topological polar surface area (TPSA) is 43.9 Å². The molecule has 2 unspecified atom stereocenters. The molecule has 0 spiro atoms. The molecule has 1 aromatic rings. The Labute approximate surface area is 212 Å². The largest absolute Gasteiger partial charge is 0.337 e. The van der Waals surface area contributed by atoms with Crippen LogP contribution >= 0.6 is 0 Å². The summed E-state index contributed by atoms with van der Waals surface area (Å²) in [5, 5.41) is 0. The van der Waals surface area contributed by atoms with Gasteiger partial charge in [-0.1, -0.05) is 56.7 Å². The highest BCUT2D eigenvalue weighted by atomic mass is 16.2. The summed E-state index contributed by atoms with van der Waals surface area (Å²) >= 11 is 0. The monoisotopic (exact) mass is 479 g/mol. The number of rotatable bonds is 5. The zero-order valence-electron chi connectivity index (χ0n) is 21.8. The number of para-hydroxylation sites is 1. The van der Waals surface area contributed by atoms with Crippen molar-refractivity contribution in [2.24, 2.45) is 11.8 Å². The molecular formula is C30H45N3O2. The van der Waals surface area contributed by atoms with Gasteiger partial charge in [-0.3, -0.25) is 14.5 Å². The lowest BCUT2D eigenvalue weighted by Crippen LogP contribution is -2.53. The van der Waals surface area contributed by atoms with E-state index in [9.17, 15) is 9.59 Å². The molecule has 3 fully saturated rings. The second kappa shape index (κ2) is 11.5. The number of anilines is 1. The molecule has 2 bridgehead atoms. The second-order valence-electron chi connectivity index (χ2n) is 11.8. The fraction of sp³-hybridized carbons (Fsp3) is 0.733. The maximum atomic E-state index is 13.7. The SMILES string of the molecule is CC(=O)N1CCC2CCCC(CN(C(=O)CCC3CCCCC3)Cc3ccccc31)N2CC1CC1. The first-order valence-corrected chi connectivity index (χ1v) is 14.5. The lowest BCUT2D eigenvalue weighted by atomic mass is 9.86. The van der Waals surface area contributed by atoms with Crippen molar-refractivity contribution >= 4 is 17.5 Å². The van der Waals surface area contributed by atoms with Crippen LogP contribution in [0.4, 0.5) is 5.69 Å². The summed E-state index contributed by atoms with van der Waals surface area (Å²) in [5.41, 5.74) is 2.11. The number of benzene rings is 1. The third-order valence-electron chi connectivity index (χ3n) is 9.16. The van der Waals surface area contributed by atoms with E-state index < -0.39 is 0 Å². The van der Waals surface area contributed by atoms with Crippen molar-refractivity contribution in [3.05, 3.63) is 29.8 Å². The zero-order chi connectivity index (χ0) is 24.2. The fourth-order valence-corrected chi connectivity index (χ4v) is 6.93. The molecule has 192 valence electrons. The Kier molecular flexibility index (Phi) is 8.11. The van der Waals surface area contributed by atoms with Crippen LogP contribution in [-0.4, -0.2) is 53.3 Å². The number of hydrogen-bond acceptors (Lipinski definition) is 3. The standard InChI is InChI=1S/C30H45N3O2/c1-23(34)32-19-18-27-11-7-12-28(33(27)20-25-14-15-25)22-31(21-26-10-5-6-13-29(26)32)30(35)17-16-24-8-3-2-4-9-24/h5-6,10,13,24-25,27-28H,2-4,7-9,11-12,14-22H2,1H3. The highest BCUT2D eigenvalue weighted by Gasteiger charge is 2.37. The van der Waals surface area contributed by atoms with Crippen LogP contribution in [0.2, 0.25) is 0 Å². The van der Waals surface area contributed by atoms with Gasteiger partial charge in [0.05, 0.1) is 0 Å². The number of nitrogens with zero attached hydrogens (tertiary/aromatic N) is 3. The zero-order valence-corrected chi connectivity index (χ0v) is 21.8. The molecule has 0 N–H and O–H groups in total. The summed E-state index contributed by atoms with van der Waals surface area (Å²) in [5.74, 6) is 1.97. The van der Waals surface area contributed by atoms with Crippen LogP contribution in [0, 0.1) is 11.8 Å². The molecule has 0 aromatic heterocycles. The number of carbonyl (C=O) groups is 2. The predicted molar refractivity (Wildman–Crippen MR) is 141 cm³/mol. The van der Waals surface area contributed by atoms with Crippen LogP contribution in [0.1, 0.15) is 96.0 Å². The Bertz CT molecular complexity index is 876. The van der Waals surface area contributed by atoms with E-state index >= 15 is 0 Å². The molecular weight excluding hydrogens is 434 g/mol. The minimum atomic E-state index is 0.105. The Morgan fingerprint density at radius 1 is 0.857 bits per heavy atom. The fourth-order valence-electron chi connectivity index (χ4n) is 6.93. The van der Waals surface area contributed by atoms with Gasteiger partial charge in [0, 0.05) is 57.3 Å². The van der Waals surface area contributed by atoms with E-state index in [0.717, 1.165) is 49.0 Å². The Morgan fingerprint density at radius 3 is 2.40 bits per heavy atom. The maximum Gasteiger partial charge on any atom is 0.223 e. The quantitative estimate of drug-likeness (QED) is 0.539.